The Morgan fingerprint density at radius 2 is 1.87 bits per heavy atom. The van der Waals surface area contributed by atoms with Crippen LogP contribution in [0.2, 0.25) is 0 Å². The van der Waals surface area contributed by atoms with Gasteiger partial charge in [0.1, 0.15) is 0 Å². The molecule has 15 heavy (non-hydrogen) atoms. The molecule has 2 N–H and O–H groups in total. The van der Waals surface area contributed by atoms with E-state index in [0.717, 1.165) is 30.4 Å². The van der Waals surface area contributed by atoms with Gasteiger partial charge in [-0.1, -0.05) is 6.08 Å². The van der Waals surface area contributed by atoms with Crippen LogP contribution in [0.25, 0.3) is 0 Å². The highest BCUT2D eigenvalue weighted by Crippen LogP contribution is 2.21. The van der Waals surface area contributed by atoms with Gasteiger partial charge in [0.05, 0.1) is 0 Å². The molecule has 0 atom stereocenters. The SMILES string of the molecule is Nc1ccc(C(=O)C2=CCCCC2)cc1. The summed E-state index contributed by atoms with van der Waals surface area (Å²) in [6.45, 7) is 0. The quantitative estimate of drug-likeness (QED) is 0.590. The number of anilines is 1. The second kappa shape index (κ2) is 4.30. The van der Waals surface area contributed by atoms with E-state index in [9.17, 15) is 4.79 Å². The van der Waals surface area contributed by atoms with E-state index < -0.39 is 0 Å². The molecule has 0 saturated carbocycles. The zero-order valence-electron chi connectivity index (χ0n) is 8.70. The average Bonchev–Trinajstić information content (AvgIpc) is 2.30. The molecule has 0 spiro atoms. The van der Waals surface area contributed by atoms with Crippen molar-refractivity contribution in [3.8, 4) is 0 Å². The second-order valence-electron chi connectivity index (χ2n) is 3.93. The molecule has 1 aliphatic rings. The lowest BCUT2D eigenvalue weighted by Gasteiger charge is -2.11. The minimum Gasteiger partial charge on any atom is -0.399 e. The lowest BCUT2D eigenvalue weighted by Crippen LogP contribution is -2.06. The summed E-state index contributed by atoms with van der Waals surface area (Å²) in [5.41, 5.74) is 7.99. The lowest BCUT2D eigenvalue weighted by atomic mass is 9.93. The molecule has 1 aliphatic carbocycles. The standard InChI is InChI=1S/C13H15NO/c14-12-8-6-11(7-9-12)13(15)10-4-2-1-3-5-10/h4,6-9H,1-3,5,14H2. The normalized spacial score (nSPS) is 15.9. The van der Waals surface area contributed by atoms with Crippen LogP contribution in [0.15, 0.2) is 35.9 Å². The van der Waals surface area contributed by atoms with Crippen LogP contribution in [-0.2, 0) is 0 Å². The minimum atomic E-state index is 0.162. The van der Waals surface area contributed by atoms with Crippen LogP contribution in [0.5, 0.6) is 0 Å². The molecule has 2 nitrogen and oxygen atoms in total. The molecule has 0 aliphatic heterocycles. The maximum Gasteiger partial charge on any atom is 0.188 e. The number of carbonyl (C=O) groups excluding carboxylic acids is 1. The number of benzene rings is 1. The number of allylic oxidation sites excluding steroid dienone is 2. The first-order valence-electron chi connectivity index (χ1n) is 5.36. The van der Waals surface area contributed by atoms with Gasteiger partial charge >= 0.3 is 0 Å². The number of hydrogen-bond donors (Lipinski definition) is 1. The Kier molecular flexibility index (Phi) is 2.86. The van der Waals surface area contributed by atoms with Crippen molar-refractivity contribution in [2.75, 3.05) is 5.73 Å². The van der Waals surface area contributed by atoms with Crippen LogP contribution in [0.4, 0.5) is 5.69 Å². The Morgan fingerprint density at radius 1 is 1.13 bits per heavy atom. The van der Waals surface area contributed by atoms with E-state index in [4.69, 9.17) is 5.73 Å². The van der Waals surface area contributed by atoms with Crippen LogP contribution >= 0.6 is 0 Å². The fourth-order valence-electron chi connectivity index (χ4n) is 1.86. The van der Waals surface area contributed by atoms with Crippen molar-refractivity contribution in [1.29, 1.82) is 0 Å². The molecule has 0 unspecified atom stereocenters. The van der Waals surface area contributed by atoms with Crippen LogP contribution < -0.4 is 5.73 Å². The molecular weight excluding hydrogens is 186 g/mol. The molecule has 1 aromatic rings. The van der Waals surface area contributed by atoms with Crippen molar-refractivity contribution in [2.45, 2.75) is 25.7 Å². The average molecular weight is 201 g/mol. The van der Waals surface area contributed by atoms with E-state index in [1.165, 1.54) is 6.42 Å². The molecule has 2 heteroatoms. The number of rotatable bonds is 2. The monoisotopic (exact) mass is 201 g/mol. The molecule has 0 aromatic heterocycles. The van der Waals surface area contributed by atoms with E-state index in [1.807, 2.05) is 0 Å². The number of Topliss-reactive ketones (excluding diaryl/α,β-unsaturated/α-hetero) is 1. The fraction of sp³-hybridized carbons (Fsp3) is 0.308. The summed E-state index contributed by atoms with van der Waals surface area (Å²) in [6.07, 6.45) is 6.37. The van der Waals surface area contributed by atoms with Gasteiger partial charge in [0, 0.05) is 11.3 Å². The third-order valence-electron chi connectivity index (χ3n) is 2.76. The predicted octanol–water partition coefficient (Wildman–Crippen LogP) is 2.95. The third kappa shape index (κ3) is 2.27. The Hall–Kier alpha value is -1.57. The topological polar surface area (TPSA) is 43.1 Å². The van der Waals surface area contributed by atoms with E-state index in [1.54, 1.807) is 24.3 Å². The predicted molar refractivity (Wildman–Crippen MR) is 61.7 cm³/mol. The molecule has 0 amide bonds. The van der Waals surface area contributed by atoms with Crippen molar-refractivity contribution in [2.24, 2.45) is 0 Å². The Labute approximate surface area is 89.8 Å². The molecule has 0 radical (unpaired) electrons. The van der Waals surface area contributed by atoms with Crippen LogP contribution in [0, 0.1) is 0 Å². The highest BCUT2D eigenvalue weighted by Gasteiger charge is 2.13. The van der Waals surface area contributed by atoms with Crippen LogP contribution in [0.1, 0.15) is 36.0 Å². The van der Waals surface area contributed by atoms with Crippen molar-refractivity contribution in [3.63, 3.8) is 0 Å². The van der Waals surface area contributed by atoms with E-state index >= 15 is 0 Å². The van der Waals surface area contributed by atoms with Crippen molar-refractivity contribution < 1.29 is 4.79 Å². The molecule has 0 saturated heterocycles. The van der Waals surface area contributed by atoms with Gasteiger partial charge in [-0.2, -0.15) is 0 Å². The minimum absolute atomic E-state index is 0.162. The van der Waals surface area contributed by atoms with Gasteiger partial charge in [0.15, 0.2) is 5.78 Å². The van der Waals surface area contributed by atoms with Crippen LogP contribution in [-0.4, -0.2) is 5.78 Å². The largest absolute Gasteiger partial charge is 0.399 e. The zero-order valence-corrected chi connectivity index (χ0v) is 8.70. The third-order valence-corrected chi connectivity index (χ3v) is 2.76. The Balaban J connectivity index is 2.20. The molecule has 0 bridgehead atoms. The second-order valence-corrected chi connectivity index (χ2v) is 3.93. The highest BCUT2D eigenvalue weighted by molar-refractivity contribution is 6.08. The summed E-state index contributed by atoms with van der Waals surface area (Å²) < 4.78 is 0. The van der Waals surface area contributed by atoms with Crippen LogP contribution in [0.3, 0.4) is 0 Å². The molecule has 1 aromatic carbocycles. The van der Waals surface area contributed by atoms with Crippen molar-refractivity contribution >= 4 is 11.5 Å². The Bertz CT molecular complexity index is 390. The van der Waals surface area contributed by atoms with Crippen molar-refractivity contribution in [1.82, 2.24) is 0 Å². The number of nitrogen functional groups attached to an aromatic ring is 1. The summed E-state index contributed by atoms with van der Waals surface area (Å²) in [4.78, 5) is 12.0. The van der Waals surface area contributed by atoms with E-state index in [-0.39, 0.29) is 5.78 Å². The van der Waals surface area contributed by atoms with Gasteiger partial charge in [0.25, 0.3) is 0 Å². The highest BCUT2D eigenvalue weighted by atomic mass is 16.1. The molecule has 0 fully saturated rings. The summed E-state index contributed by atoms with van der Waals surface area (Å²) in [5, 5.41) is 0. The van der Waals surface area contributed by atoms with Gasteiger partial charge in [-0.3, -0.25) is 4.79 Å². The van der Waals surface area contributed by atoms with Gasteiger partial charge in [-0.25, -0.2) is 0 Å². The summed E-state index contributed by atoms with van der Waals surface area (Å²) >= 11 is 0. The van der Waals surface area contributed by atoms with Gasteiger partial charge in [-0.05, 0) is 55.5 Å². The van der Waals surface area contributed by atoms with Crippen molar-refractivity contribution in [3.05, 3.63) is 41.5 Å². The maximum atomic E-state index is 12.0. The number of ketones is 1. The Morgan fingerprint density at radius 3 is 2.47 bits per heavy atom. The number of nitrogens with two attached hydrogens (primary N) is 1. The summed E-state index contributed by atoms with van der Waals surface area (Å²) in [5.74, 6) is 0.162. The summed E-state index contributed by atoms with van der Waals surface area (Å²) in [7, 11) is 0. The smallest absolute Gasteiger partial charge is 0.188 e. The van der Waals surface area contributed by atoms with E-state index in [2.05, 4.69) is 6.08 Å². The maximum absolute atomic E-state index is 12.0. The van der Waals surface area contributed by atoms with Gasteiger partial charge in [-0.15, -0.1) is 0 Å². The summed E-state index contributed by atoms with van der Waals surface area (Å²) in [6, 6.07) is 7.15. The first-order valence-corrected chi connectivity index (χ1v) is 5.36. The fourth-order valence-corrected chi connectivity index (χ4v) is 1.86. The first kappa shape index (κ1) is 9.97. The zero-order chi connectivity index (χ0) is 10.7. The number of hydrogen-bond acceptors (Lipinski definition) is 2. The molecule has 0 heterocycles. The van der Waals surface area contributed by atoms with Gasteiger partial charge < -0.3 is 5.73 Å². The lowest BCUT2D eigenvalue weighted by molar-refractivity contribution is 0.102. The van der Waals surface area contributed by atoms with Gasteiger partial charge in [0.2, 0.25) is 0 Å². The molecule has 78 valence electrons. The first-order chi connectivity index (χ1) is 7.27. The number of carbonyl (C=O) groups is 1. The van der Waals surface area contributed by atoms with E-state index in [0.29, 0.717) is 5.69 Å². The molecular formula is C13H15NO. The molecule has 2 rings (SSSR count).